The van der Waals surface area contributed by atoms with Crippen LogP contribution in [0.5, 0.6) is 0 Å². The van der Waals surface area contributed by atoms with E-state index in [0.717, 1.165) is 5.46 Å². The zero-order valence-electron chi connectivity index (χ0n) is 15.0. The third-order valence-electron chi connectivity index (χ3n) is 4.89. The highest BCUT2D eigenvalue weighted by Crippen LogP contribution is 2.36. The monoisotopic (exact) mass is 338 g/mol. The average Bonchev–Trinajstić information content (AvgIpc) is 2.78. The second-order valence-electron chi connectivity index (χ2n) is 7.26. The Balaban J connectivity index is 1.83. The van der Waals surface area contributed by atoms with Gasteiger partial charge in [0.25, 0.3) is 5.91 Å². The summed E-state index contributed by atoms with van der Waals surface area (Å²) in [5.74, 6) is -0.210. The van der Waals surface area contributed by atoms with Crippen LogP contribution >= 0.6 is 0 Å². The molecule has 1 heterocycles. The molecule has 0 aromatic heterocycles. The number of hydrogen-bond acceptors (Lipinski definition) is 4. The van der Waals surface area contributed by atoms with Gasteiger partial charge in [0, 0.05) is 5.56 Å². The van der Waals surface area contributed by atoms with E-state index in [1.807, 2.05) is 52.0 Å². The molecule has 130 valence electrons. The predicted molar refractivity (Wildman–Crippen MR) is 101 cm³/mol. The fraction of sp³-hybridized carbons (Fsp3) is 0.316. The average molecular weight is 338 g/mol. The number of nitrogens with two attached hydrogens (primary N) is 1. The third-order valence-corrected chi connectivity index (χ3v) is 4.89. The van der Waals surface area contributed by atoms with E-state index in [9.17, 15) is 4.79 Å². The van der Waals surface area contributed by atoms with Crippen molar-refractivity contribution in [3.63, 3.8) is 0 Å². The van der Waals surface area contributed by atoms with Crippen LogP contribution in [-0.2, 0) is 9.31 Å². The first-order chi connectivity index (χ1) is 11.7. The SMILES string of the molecule is CC1(C)OB(c2ccc(N)c(NC(=O)c3ccccc3)c2)OC1(C)C. The number of rotatable bonds is 3. The van der Waals surface area contributed by atoms with Gasteiger partial charge in [-0.2, -0.15) is 0 Å². The number of benzene rings is 2. The van der Waals surface area contributed by atoms with Crippen LogP contribution in [0.3, 0.4) is 0 Å². The van der Waals surface area contributed by atoms with Crippen molar-refractivity contribution in [1.29, 1.82) is 0 Å². The minimum Gasteiger partial charge on any atom is -0.399 e. The van der Waals surface area contributed by atoms with Crippen molar-refractivity contribution in [2.75, 3.05) is 11.1 Å². The largest absolute Gasteiger partial charge is 0.494 e. The molecule has 2 aromatic rings. The van der Waals surface area contributed by atoms with E-state index in [1.54, 1.807) is 24.3 Å². The quantitative estimate of drug-likeness (QED) is 0.667. The van der Waals surface area contributed by atoms with Crippen LogP contribution in [0.4, 0.5) is 11.4 Å². The van der Waals surface area contributed by atoms with E-state index in [1.165, 1.54) is 0 Å². The van der Waals surface area contributed by atoms with Crippen LogP contribution in [0.1, 0.15) is 38.1 Å². The van der Waals surface area contributed by atoms with Gasteiger partial charge in [-0.25, -0.2) is 0 Å². The Bertz CT molecular complexity index is 775. The number of carbonyl (C=O) groups is 1. The number of nitrogen functional groups attached to an aromatic ring is 1. The minimum atomic E-state index is -0.502. The van der Waals surface area contributed by atoms with Gasteiger partial charge in [0.1, 0.15) is 0 Å². The minimum absolute atomic E-state index is 0.210. The summed E-state index contributed by atoms with van der Waals surface area (Å²) in [6.45, 7) is 8.01. The summed E-state index contributed by atoms with van der Waals surface area (Å²) in [4.78, 5) is 12.4. The van der Waals surface area contributed by atoms with Gasteiger partial charge in [-0.15, -0.1) is 0 Å². The maximum Gasteiger partial charge on any atom is 0.494 e. The van der Waals surface area contributed by atoms with E-state index in [2.05, 4.69) is 5.32 Å². The van der Waals surface area contributed by atoms with Gasteiger partial charge in [-0.1, -0.05) is 24.3 Å². The van der Waals surface area contributed by atoms with E-state index < -0.39 is 18.3 Å². The smallest absolute Gasteiger partial charge is 0.399 e. The van der Waals surface area contributed by atoms with E-state index >= 15 is 0 Å². The molecule has 25 heavy (non-hydrogen) atoms. The molecule has 0 aliphatic carbocycles. The summed E-state index contributed by atoms with van der Waals surface area (Å²) >= 11 is 0. The van der Waals surface area contributed by atoms with E-state index in [0.29, 0.717) is 16.9 Å². The maximum atomic E-state index is 12.4. The van der Waals surface area contributed by atoms with Crippen molar-refractivity contribution in [2.24, 2.45) is 0 Å². The Hall–Kier alpha value is -2.31. The van der Waals surface area contributed by atoms with E-state index in [4.69, 9.17) is 15.0 Å². The van der Waals surface area contributed by atoms with Crippen LogP contribution in [0, 0.1) is 0 Å². The van der Waals surface area contributed by atoms with Crippen LogP contribution in [0.15, 0.2) is 48.5 Å². The molecule has 5 nitrogen and oxygen atoms in total. The Morgan fingerprint density at radius 1 is 1.00 bits per heavy atom. The zero-order valence-corrected chi connectivity index (χ0v) is 15.0. The molecule has 1 fully saturated rings. The van der Waals surface area contributed by atoms with Gasteiger partial charge < -0.3 is 20.4 Å². The highest BCUT2D eigenvalue weighted by atomic mass is 16.7. The first-order valence-corrected chi connectivity index (χ1v) is 8.31. The molecule has 1 aliphatic rings. The summed E-state index contributed by atoms with van der Waals surface area (Å²) in [5, 5.41) is 2.86. The Morgan fingerprint density at radius 3 is 2.20 bits per heavy atom. The van der Waals surface area contributed by atoms with E-state index in [-0.39, 0.29) is 5.91 Å². The van der Waals surface area contributed by atoms with Crippen LogP contribution in [0.2, 0.25) is 0 Å². The molecule has 3 rings (SSSR count). The van der Waals surface area contributed by atoms with Crippen molar-refractivity contribution < 1.29 is 14.1 Å². The maximum absolute atomic E-state index is 12.4. The summed E-state index contributed by atoms with van der Waals surface area (Å²) < 4.78 is 12.1. The molecule has 0 saturated carbocycles. The van der Waals surface area contributed by atoms with Crippen molar-refractivity contribution >= 4 is 29.9 Å². The van der Waals surface area contributed by atoms with Crippen molar-refractivity contribution in [3.05, 3.63) is 54.1 Å². The molecule has 1 saturated heterocycles. The van der Waals surface area contributed by atoms with Gasteiger partial charge >= 0.3 is 7.12 Å². The van der Waals surface area contributed by atoms with Crippen molar-refractivity contribution in [1.82, 2.24) is 0 Å². The lowest BCUT2D eigenvalue weighted by Crippen LogP contribution is -2.41. The molecular weight excluding hydrogens is 315 g/mol. The van der Waals surface area contributed by atoms with Crippen LogP contribution < -0.4 is 16.5 Å². The third kappa shape index (κ3) is 3.41. The molecule has 2 aromatic carbocycles. The lowest BCUT2D eigenvalue weighted by atomic mass is 9.79. The summed E-state index contributed by atoms with van der Waals surface area (Å²) in [7, 11) is -0.502. The van der Waals surface area contributed by atoms with Gasteiger partial charge in [0.2, 0.25) is 0 Å². The molecule has 0 unspecified atom stereocenters. The summed E-state index contributed by atoms with van der Waals surface area (Å²) in [6.07, 6.45) is 0. The lowest BCUT2D eigenvalue weighted by Gasteiger charge is -2.32. The van der Waals surface area contributed by atoms with Gasteiger partial charge in [-0.05, 0) is 57.4 Å². The zero-order chi connectivity index (χ0) is 18.2. The van der Waals surface area contributed by atoms with Gasteiger partial charge in [0.15, 0.2) is 0 Å². The highest BCUT2D eigenvalue weighted by molar-refractivity contribution is 6.62. The molecule has 0 radical (unpaired) electrons. The normalized spacial score (nSPS) is 18.2. The molecule has 6 heteroatoms. The number of anilines is 2. The topological polar surface area (TPSA) is 73.6 Å². The summed E-state index contributed by atoms with van der Waals surface area (Å²) in [6, 6.07) is 14.4. The van der Waals surface area contributed by atoms with Crippen LogP contribution in [0.25, 0.3) is 0 Å². The molecule has 0 bridgehead atoms. The fourth-order valence-electron chi connectivity index (χ4n) is 2.59. The second kappa shape index (κ2) is 6.21. The van der Waals surface area contributed by atoms with Crippen molar-refractivity contribution in [3.8, 4) is 0 Å². The van der Waals surface area contributed by atoms with Gasteiger partial charge in [0.05, 0.1) is 22.6 Å². The molecule has 3 N–H and O–H groups in total. The first-order valence-electron chi connectivity index (χ1n) is 8.31. The number of carbonyl (C=O) groups excluding carboxylic acids is 1. The van der Waals surface area contributed by atoms with Crippen molar-refractivity contribution in [2.45, 2.75) is 38.9 Å². The molecule has 1 amide bonds. The Labute approximate surface area is 148 Å². The van der Waals surface area contributed by atoms with Gasteiger partial charge in [-0.3, -0.25) is 4.79 Å². The Kier molecular flexibility index (Phi) is 4.35. The first kappa shape index (κ1) is 17.5. The molecule has 0 atom stereocenters. The molecular formula is C19H23BN2O3. The summed E-state index contributed by atoms with van der Waals surface area (Å²) in [5.41, 5.74) is 7.60. The molecule has 0 spiro atoms. The predicted octanol–water partition coefficient (Wildman–Crippen LogP) is 2.82. The fourth-order valence-corrected chi connectivity index (χ4v) is 2.59. The second-order valence-corrected chi connectivity index (χ2v) is 7.26. The Morgan fingerprint density at radius 2 is 1.60 bits per heavy atom. The number of amides is 1. The highest BCUT2D eigenvalue weighted by Gasteiger charge is 2.51. The molecule has 1 aliphatic heterocycles. The lowest BCUT2D eigenvalue weighted by molar-refractivity contribution is 0.00578. The number of nitrogens with one attached hydrogen (secondary N) is 1. The number of hydrogen-bond donors (Lipinski definition) is 2. The van der Waals surface area contributed by atoms with Crippen LogP contribution in [-0.4, -0.2) is 24.2 Å². The standard InChI is InChI=1S/C19H23BN2O3/c1-18(2)19(3,4)25-20(24-18)14-10-11-15(21)16(12-14)22-17(23)13-8-6-5-7-9-13/h5-12H,21H2,1-4H3,(H,22,23).